The number of carboxylic acids is 1. The van der Waals surface area contributed by atoms with Crippen molar-refractivity contribution in [3.05, 3.63) is 22.8 Å². The number of carbonyl (C=O) groups excluding carboxylic acids is 1. The lowest BCUT2D eigenvalue weighted by Crippen LogP contribution is -2.41. The Morgan fingerprint density at radius 2 is 2.00 bits per heavy atom. The zero-order valence-electron chi connectivity index (χ0n) is 19.0. The van der Waals surface area contributed by atoms with Gasteiger partial charge in [-0.15, -0.1) is 0 Å². The molecule has 0 bridgehead atoms. The molecular weight excluding hydrogens is 368 g/mol. The van der Waals surface area contributed by atoms with Gasteiger partial charge >= 0.3 is 5.97 Å². The third-order valence-corrected chi connectivity index (χ3v) is 6.88. The van der Waals surface area contributed by atoms with Crippen LogP contribution in [-0.2, 0) is 19.4 Å². The molecule has 3 atom stereocenters. The second-order valence-corrected chi connectivity index (χ2v) is 9.83. The number of hydrogen-bond acceptors (Lipinski definition) is 4. The van der Waals surface area contributed by atoms with Gasteiger partial charge in [-0.25, -0.2) is 9.78 Å². The molecule has 2 aliphatic rings. The summed E-state index contributed by atoms with van der Waals surface area (Å²) >= 11 is 0. The van der Waals surface area contributed by atoms with Crippen LogP contribution in [0, 0.1) is 11.3 Å². The number of ketones is 1. The van der Waals surface area contributed by atoms with E-state index in [0.29, 0.717) is 18.6 Å². The van der Waals surface area contributed by atoms with E-state index in [2.05, 4.69) is 26.8 Å². The van der Waals surface area contributed by atoms with Crippen molar-refractivity contribution in [3.8, 4) is 0 Å². The monoisotopic (exact) mass is 406 g/mol. The Morgan fingerprint density at radius 3 is 2.59 bits per heavy atom. The van der Waals surface area contributed by atoms with Crippen molar-refractivity contribution in [1.82, 2.24) is 0 Å². The largest absolute Gasteiger partial charge is 0.481 e. The summed E-state index contributed by atoms with van der Waals surface area (Å²) < 4.78 is 0. The quantitative estimate of drug-likeness (QED) is 0.408. The number of carbonyl (C=O) groups is 2. The van der Waals surface area contributed by atoms with E-state index in [4.69, 9.17) is 14.9 Å². The Morgan fingerprint density at radius 1 is 1.31 bits per heavy atom. The van der Waals surface area contributed by atoms with Crippen LogP contribution in [0.1, 0.15) is 92.9 Å². The fraction of sp³-hybridized carbons (Fsp3) is 0.750. The summed E-state index contributed by atoms with van der Waals surface area (Å²) in [4.78, 5) is 34.2. The molecule has 0 aromatic heterocycles. The van der Waals surface area contributed by atoms with Crippen LogP contribution in [0.2, 0.25) is 0 Å². The lowest BCUT2D eigenvalue weighted by atomic mass is 9.70. The highest BCUT2D eigenvalue weighted by atomic mass is 17.2. The first kappa shape index (κ1) is 23.8. The highest BCUT2D eigenvalue weighted by Gasteiger charge is 2.37. The van der Waals surface area contributed by atoms with Crippen molar-refractivity contribution in [3.63, 3.8) is 0 Å². The van der Waals surface area contributed by atoms with E-state index in [0.717, 1.165) is 44.1 Å². The zero-order valence-corrected chi connectivity index (χ0v) is 19.0. The molecule has 1 aliphatic heterocycles. The fourth-order valence-electron chi connectivity index (χ4n) is 4.39. The van der Waals surface area contributed by atoms with Crippen molar-refractivity contribution < 1.29 is 24.5 Å². The number of carboxylic acid groups (broad SMARTS) is 1. The minimum Gasteiger partial charge on any atom is -0.481 e. The Balaban J connectivity index is 1.82. The van der Waals surface area contributed by atoms with Gasteiger partial charge in [-0.1, -0.05) is 31.1 Å². The van der Waals surface area contributed by atoms with E-state index in [9.17, 15) is 9.59 Å². The van der Waals surface area contributed by atoms with Crippen LogP contribution in [0.5, 0.6) is 0 Å². The first-order chi connectivity index (χ1) is 13.4. The van der Waals surface area contributed by atoms with Gasteiger partial charge < -0.3 is 5.11 Å². The van der Waals surface area contributed by atoms with Crippen molar-refractivity contribution >= 4 is 11.8 Å². The number of allylic oxidation sites excluding steroid dienone is 4. The van der Waals surface area contributed by atoms with E-state index >= 15 is 0 Å². The van der Waals surface area contributed by atoms with Crippen molar-refractivity contribution in [2.45, 2.75) is 105 Å². The molecule has 1 heterocycles. The van der Waals surface area contributed by atoms with Gasteiger partial charge in [-0.05, 0) is 83.6 Å². The number of aliphatic carboxylic acids is 1. The van der Waals surface area contributed by atoms with Crippen LogP contribution >= 0.6 is 0 Å². The summed E-state index contributed by atoms with van der Waals surface area (Å²) in [6.45, 7) is 12.3. The van der Waals surface area contributed by atoms with E-state index < -0.39 is 11.9 Å². The van der Waals surface area contributed by atoms with Gasteiger partial charge in [0, 0.05) is 6.42 Å². The Bertz CT molecular complexity index is 677. The van der Waals surface area contributed by atoms with E-state index in [-0.39, 0.29) is 17.1 Å². The SMILES string of the molecule is CC1=C(CC/C(C)=C/CC[C@@]2(C)CC[C@@H]([C@H](C)C(=O)O)OO2)C(C)(C)CCC1=O. The lowest BCUT2D eigenvalue weighted by molar-refractivity contribution is -0.411. The third kappa shape index (κ3) is 6.26. The molecule has 164 valence electrons. The molecule has 0 unspecified atom stereocenters. The van der Waals surface area contributed by atoms with Crippen LogP contribution in [0.15, 0.2) is 22.8 Å². The average Bonchev–Trinajstić information content (AvgIpc) is 2.65. The molecule has 0 aromatic rings. The second kappa shape index (κ2) is 9.57. The topological polar surface area (TPSA) is 72.8 Å². The smallest absolute Gasteiger partial charge is 0.308 e. The number of Topliss-reactive ketones (excluding diaryl/α,β-unsaturated/α-hetero) is 1. The summed E-state index contributed by atoms with van der Waals surface area (Å²) in [7, 11) is 0. The van der Waals surface area contributed by atoms with Crippen LogP contribution in [-0.4, -0.2) is 28.6 Å². The molecule has 29 heavy (non-hydrogen) atoms. The highest BCUT2D eigenvalue weighted by molar-refractivity contribution is 5.96. The molecule has 1 saturated heterocycles. The molecule has 1 fully saturated rings. The molecule has 0 saturated carbocycles. The molecule has 5 nitrogen and oxygen atoms in total. The van der Waals surface area contributed by atoms with E-state index in [1.165, 1.54) is 11.1 Å². The van der Waals surface area contributed by atoms with Gasteiger partial charge in [0.15, 0.2) is 5.78 Å². The van der Waals surface area contributed by atoms with Crippen molar-refractivity contribution in [2.24, 2.45) is 11.3 Å². The number of hydrogen-bond donors (Lipinski definition) is 1. The molecule has 0 aromatic carbocycles. The molecule has 5 heteroatoms. The molecule has 2 rings (SSSR count). The zero-order chi connectivity index (χ0) is 21.8. The molecule has 1 N–H and O–H groups in total. The normalized spacial score (nSPS) is 29.1. The molecule has 0 spiro atoms. The molecule has 0 amide bonds. The Kier molecular flexibility index (Phi) is 7.86. The van der Waals surface area contributed by atoms with Gasteiger partial charge in [0.1, 0.15) is 11.7 Å². The Hall–Kier alpha value is -1.46. The summed E-state index contributed by atoms with van der Waals surface area (Å²) in [5, 5.41) is 9.11. The van der Waals surface area contributed by atoms with Gasteiger partial charge in [0.05, 0.1) is 5.92 Å². The Labute approximate surface area is 175 Å². The van der Waals surface area contributed by atoms with E-state index in [1.807, 2.05) is 13.8 Å². The van der Waals surface area contributed by atoms with Crippen LogP contribution < -0.4 is 0 Å². The third-order valence-electron chi connectivity index (χ3n) is 6.88. The summed E-state index contributed by atoms with van der Waals surface area (Å²) in [6, 6.07) is 0. The second-order valence-electron chi connectivity index (χ2n) is 9.83. The standard InChI is InChI=1S/C24H38O5/c1-16(9-10-19-17(2)20(25)11-14-23(19,4)5)8-7-13-24(6)15-12-21(28-29-24)18(3)22(26)27/h8,18,21H,7,9-15H2,1-6H3,(H,26,27)/b16-8+/t18-,21-,24-/m0/s1. The first-order valence-electron chi connectivity index (χ1n) is 10.9. The van der Waals surface area contributed by atoms with Crippen molar-refractivity contribution in [2.75, 3.05) is 0 Å². The molecule has 0 radical (unpaired) electrons. The minimum absolute atomic E-state index is 0.114. The summed E-state index contributed by atoms with van der Waals surface area (Å²) in [6.07, 6.45) is 8.63. The summed E-state index contributed by atoms with van der Waals surface area (Å²) in [5.41, 5.74) is 3.36. The predicted octanol–water partition coefficient (Wildman–Crippen LogP) is 5.79. The maximum Gasteiger partial charge on any atom is 0.308 e. The average molecular weight is 407 g/mol. The van der Waals surface area contributed by atoms with Gasteiger partial charge in [-0.2, -0.15) is 0 Å². The van der Waals surface area contributed by atoms with Crippen molar-refractivity contribution in [1.29, 1.82) is 0 Å². The number of rotatable bonds is 8. The molecular formula is C24H38O5. The van der Waals surface area contributed by atoms with E-state index in [1.54, 1.807) is 6.92 Å². The fourth-order valence-corrected chi connectivity index (χ4v) is 4.39. The lowest BCUT2D eigenvalue weighted by Gasteiger charge is -2.37. The van der Waals surface area contributed by atoms with Crippen LogP contribution in [0.25, 0.3) is 0 Å². The van der Waals surface area contributed by atoms with Crippen LogP contribution in [0.3, 0.4) is 0 Å². The minimum atomic E-state index is -0.853. The molecule has 1 aliphatic carbocycles. The summed E-state index contributed by atoms with van der Waals surface area (Å²) in [5.74, 6) is -1.11. The van der Waals surface area contributed by atoms with Gasteiger partial charge in [0.2, 0.25) is 0 Å². The van der Waals surface area contributed by atoms with Gasteiger partial charge in [-0.3, -0.25) is 9.59 Å². The maximum atomic E-state index is 12.1. The van der Waals surface area contributed by atoms with Gasteiger partial charge in [0.25, 0.3) is 0 Å². The highest BCUT2D eigenvalue weighted by Crippen LogP contribution is 2.41. The first-order valence-corrected chi connectivity index (χ1v) is 10.9. The predicted molar refractivity (Wildman–Crippen MR) is 113 cm³/mol. The van der Waals surface area contributed by atoms with Crippen LogP contribution in [0.4, 0.5) is 0 Å². The maximum absolute atomic E-state index is 12.1.